The predicted octanol–water partition coefficient (Wildman–Crippen LogP) is 5.40. The van der Waals surface area contributed by atoms with Gasteiger partial charge in [-0.2, -0.15) is 5.26 Å². The number of hydrogen-bond acceptors (Lipinski definition) is 5. The Morgan fingerprint density at radius 3 is 2.33 bits per heavy atom. The Morgan fingerprint density at radius 2 is 1.69 bits per heavy atom. The van der Waals surface area contributed by atoms with Crippen LogP contribution in [0.1, 0.15) is 92.9 Å². The van der Waals surface area contributed by atoms with E-state index in [9.17, 15) is 24.9 Å². The van der Waals surface area contributed by atoms with E-state index >= 15 is 0 Å². The van der Waals surface area contributed by atoms with Gasteiger partial charge in [-0.05, 0) is 84.4 Å². The molecule has 9 unspecified atom stereocenters. The van der Waals surface area contributed by atoms with Crippen molar-refractivity contribution in [2.75, 3.05) is 0 Å². The van der Waals surface area contributed by atoms with Gasteiger partial charge in [0.1, 0.15) is 11.9 Å². The van der Waals surface area contributed by atoms with Gasteiger partial charge in [0.2, 0.25) is 5.91 Å². The monoisotopic (exact) mass is 494 g/mol. The summed E-state index contributed by atoms with van der Waals surface area (Å²) in [6.45, 7) is 13.3. The van der Waals surface area contributed by atoms with Crippen LogP contribution in [0, 0.1) is 68.0 Å². The fraction of sp³-hybridized carbons (Fsp3) is 0.800. The van der Waals surface area contributed by atoms with Gasteiger partial charge >= 0.3 is 0 Å². The molecule has 9 atom stereocenters. The molecule has 2 N–H and O–H groups in total. The lowest BCUT2D eigenvalue weighted by Gasteiger charge is -2.71. The van der Waals surface area contributed by atoms with Crippen molar-refractivity contribution in [2.45, 2.75) is 92.9 Å². The second-order valence-corrected chi connectivity index (χ2v) is 14.4. The van der Waals surface area contributed by atoms with Gasteiger partial charge in [0, 0.05) is 18.3 Å². The number of Topliss-reactive ketones (excluding diaryl/α,β-unsaturated/α-hetero) is 2. The Labute approximate surface area is 215 Å². The molecule has 6 nitrogen and oxygen atoms in total. The molecule has 0 saturated heterocycles. The quantitative estimate of drug-likeness (QED) is 0.375. The van der Waals surface area contributed by atoms with Crippen LogP contribution in [0.4, 0.5) is 0 Å². The first-order valence-corrected chi connectivity index (χ1v) is 13.9. The average molecular weight is 495 g/mol. The van der Waals surface area contributed by atoms with Crippen molar-refractivity contribution in [1.29, 1.82) is 5.26 Å². The van der Waals surface area contributed by atoms with E-state index in [0.717, 1.165) is 32.1 Å². The second kappa shape index (κ2) is 7.76. The summed E-state index contributed by atoms with van der Waals surface area (Å²) in [6.07, 6.45) is 8.05. The molecule has 5 aliphatic rings. The second-order valence-electron chi connectivity index (χ2n) is 14.4. The zero-order valence-corrected chi connectivity index (χ0v) is 22.7. The highest BCUT2D eigenvalue weighted by atomic mass is 16.5. The molecule has 0 bridgehead atoms. The lowest BCUT2D eigenvalue weighted by atomic mass is 9.32. The molecule has 0 aromatic carbocycles. The average Bonchev–Trinajstić information content (AvgIpc) is 2.82. The van der Waals surface area contributed by atoms with Crippen LogP contribution in [0.5, 0.6) is 0 Å². The van der Waals surface area contributed by atoms with E-state index in [0.29, 0.717) is 19.3 Å². The number of amides is 1. The molecular formula is C30H42N2O4. The van der Waals surface area contributed by atoms with E-state index in [1.165, 1.54) is 0 Å². The minimum absolute atomic E-state index is 0.0351. The summed E-state index contributed by atoms with van der Waals surface area (Å²) < 4.78 is 0. The number of carbonyl (C=O) groups excluding carboxylic acids is 3. The molecule has 6 heteroatoms. The predicted molar refractivity (Wildman–Crippen MR) is 134 cm³/mol. The summed E-state index contributed by atoms with van der Waals surface area (Å²) >= 11 is 0. The Morgan fingerprint density at radius 1 is 1.03 bits per heavy atom. The third kappa shape index (κ3) is 3.01. The standard InChI is InChI=1S/C30H42N2O4/c1-17-19-7-8-28(5)22(27(19,4)14-18(16-31)24(17)34)13-21(33)23-20-15-26(2,3)9-11-30(20,25(35)32-36)12-10-29(23,28)6/h14,17,19-20,22-23,36H,7-13,15H2,1-6H3,(H,32,35). The number of fused-ring (bicyclic) bond motifs is 7. The maximum Gasteiger partial charge on any atom is 0.249 e. The number of nitrogens with one attached hydrogen (secondary N) is 1. The highest BCUT2D eigenvalue weighted by Gasteiger charge is 2.72. The molecule has 0 radical (unpaired) electrons. The smallest absolute Gasteiger partial charge is 0.249 e. The first-order chi connectivity index (χ1) is 16.7. The first-order valence-electron chi connectivity index (χ1n) is 13.9. The summed E-state index contributed by atoms with van der Waals surface area (Å²) in [4.78, 5) is 40.4. The van der Waals surface area contributed by atoms with Crippen molar-refractivity contribution in [3.63, 3.8) is 0 Å². The third-order valence-corrected chi connectivity index (χ3v) is 12.7. The highest BCUT2D eigenvalue weighted by Crippen LogP contribution is 2.75. The Kier molecular flexibility index (Phi) is 5.53. The van der Waals surface area contributed by atoms with E-state index in [1.807, 2.05) is 18.5 Å². The van der Waals surface area contributed by atoms with Crippen LogP contribution in [-0.4, -0.2) is 22.7 Å². The van der Waals surface area contributed by atoms with Gasteiger partial charge in [-0.1, -0.05) is 47.6 Å². The fourth-order valence-corrected chi connectivity index (χ4v) is 10.4. The fourth-order valence-electron chi connectivity index (χ4n) is 10.4. The zero-order chi connectivity index (χ0) is 26.5. The maximum absolute atomic E-state index is 14.3. The number of hydrogen-bond donors (Lipinski definition) is 2. The van der Waals surface area contributed by atoms with Crippen LogP contribution in [-0.2, 0) is 14.4 Å². The van der Waals surface area contributed by atoms with Crippen molar-refractivity contribution >= 4 is 17.5 Å². The van der Waals surface area contributed by atoms with Crippen molar-refractivity contribution < 1.29 is 19.6 Å². The molecule has 4 fully saturated rings. The summed E-state index contributed by atoms with van der Waals surface area (Å²) in [6, 6.07) is 2.16. The molecule has 1 amide bonds. The number of carbonyl (C=O) groups is 3. The molecular weight excluding hydrogens is 452 g/mol. The third-order valence-electron chi connectivity index (χ3n) is 12.7. The van der Waals surface area contributed by atoms with Crippen LogP contribution in [0.2, 0.25) is 0 Å². The molecule has 0 heterocycles. The molecule has 0 aromatic heterocycles. The molecule has 0 aromatic rings. The first kappa shape index (κ1) is 25.6. The largest absolute Gasteiger partial charge is 0.299 e. The van der Waals surface area contributed by atoms with Gasteiger partial charge in [0.25, 0.3) is 0 Å². The van der Waals surface area contributed by atoms with E-state index in [-0.39, 0.29) is 68.9 Å². The zero-order valence-electron chi connectivity index (χ0n) is 22.7. The molecule has 0 spiro atoms. The highest BCUT2D eigenvalue weighted by molar-refractivity contribution is 6.02. The summed E-state index contributed by atoms with van der Waals surface area (Å²) in [5, 5.41) is 19.5. The molecule has 5 rings (SSSR count). The van der Waals surface area contributed by atoms with Crippen molar-refractivity contribution in [3.05, 3.63) is 11.6 Å². The van der Waals surface area contributed by atoms with Gasteiger partial charge in [0.15, 0.2) is 5.78 Å². The molecule has 4 saturated carbocycles. The van der Waals surface area contributed by atoms with Crippen LogP contribution in [0.3, 0.4) is 0 Å². The van der Waals surface area contributed by atoms with Crippen LogP contribution in [0.25, 0.3) is 0 Å². The van der Waals surface area contributed by atoms with Crippen LogP contribution in [0.15, 0.2) is 11.6 Å². The molecule has 36 heavy (non-hydrogen) atoms. The van der Waals surface area contributed by atoms with Crippen LogP contribution < -0.4 is 5.48 Å². The van der Waals surface area contributed by atoms with Gasteiger partial charge in [0.05, 0.1) is 11.0 Å². The molecule has 196 valence electrons. The van der Waals surface area contributed by atoms with E-state index < -0.39 is 10.8 Å². The maximum atomic E-state index is 14.3. The minimum atomic E-state index is -0.700. The number of allylic oxidation sites excluding steroid dienone is 2. The minimum Gasteiger partial charge on any atom is -0.299 e. The Bertz CT molecular complexity index is 1100. The number of hydroxylamine groups is 1. The number of rotatable bonds is 1. The normalized spacial score (nSPS) is 49.4. The molecule has 5 aliphatic carbocycles. The summed E-state index contributed by atoms with van der Waals surface area (Å²) in [7, 11) is 0. The summed E-state index contributed by atoms with van der Waals surface area (Å²) in [5.74, 6) is -0.510. The number of nitrogens with zero attached hydrogens (tertiary/aromatic N) is 1. The van der Waals surface area contributed by atoms with E-state index in [4.69, 9.17) is 0 Å². The van der Waals surface area contributed by atoms with Gasteiger partial charge in [-0.25, -0.2) is 5.48 Å². The van der Waals surface area contributed by atoms with E-state index in [1.54, 1.807) is 0 Å². The lowest BCUT2D eigenvalue weighted by Crippen LogP contribution is -2.69. The SMILES string of the molecule is CC1C(=O)C(C#N)=CC2(C)C1CCC1(C)C2CC(=O)C2C3CC(C)(C)CCC3(C(=O)NO)CCC21C. The van der Waals surface area contributed by atoms with Crippen LogP contribution >= 0.6 is 0 Å². The number of nitriles is 1. The van der Waals surface area contributed by atoms with Gasteiger partial charge in [-0.15, -0.1) is 0 Å². The topological polar surface area (TPSA) is 107 Å². The van der Waals surface area contributed by atoms with E-state index in [2.05, 4.69) is 40.7 Å². The molecule has 0 aliphatic heterocycles. The number of ketones is 2. The van der Waals surface area contributed by atoms with Crippen molar-refractivity contribution in [1.82, 2.24) is 5.48 Å². The van der Waals surface area contributed by atoms with Gasteiger partial charge in [-0.3, -0.25) is 19.6 Å². The Balaban J connectivity index is 1.63. The lowest BCUT2D eigenvalue weighted by molar-refractivity contribution is -0.220. The van der Waals surface area contributed by atoms with Crippen molar-refractivity contribution in [3.8, 4) is 6.07 Å². The Hall–Kier alpha value is -2.00. The summed E-state index contributed by atoms with van der Waals surface area (Å²) in [5.41, 5.74) is 0.736. The van der Waals surface area contributed by atoms with Crippen molar-refractivity contribution in [2.24, 2.45) is 56.7 Å². The van der Waals surface area contributed by atoms with Gasteiger partial charge < -0.3 is 0 Å².